The van der Waals surface area contributed by atoms with E-state index in [-0.39, 0.29) is 29.7 Å². The van der Waals surface area contributed by atoms with Crippen LogP contribution in [0.5, 0.6) is 0 Å². The van der Waals surface area contributed by atoms with Crippen LogP contribution in [-0.4, -0.2) is 35.0 Å². The van der Waals surface area contributed by atoms with Crippen LogP contribution in [0.15, 0.2) is 42.5 Å². The third-order valence-electron chi connectivity index (χ3n) is 4.91. The Balaban J connectivity index is 1.91. The number of halogens is 4. The minimum Gasteiger partial charge on any atom is -0.444 e. The van der Waals surface area contributed by atoms with E-state index < -0.39 is 47.1 Å². The summed E-state index contributed by atoms with van der Waals surface area (Å²) in [5.41, 5.74) is -1.96. The molecule has 0 aliphatic carbocycles. The van der Waals surface area contributed by atoms with E-state index in [2.05, 4.69) is 5.32 Å². The van der Waals surface area contributed by atoms with Gasteiger partial charge in [0.1, 0.15) is 11.4 Å². The van der Waals surface area contributed by atoms with Gasteiger partial charge in [0, 0.05) is 6.54 Å². The van der Waals surface area contributed by atoms with Gasteiger partial charge in [-0.05, 0) is 57.0 Å². The monoisotopic (exact) mass is 466 g/mol. The molecule has 176 valence electrons. The smallest absolute Gasteiger partial charge is 0.419 e. The topological polar surface area (TPSA) is 75.7 Å². The Morgan fingerprint density at radius 3 is 2.09 bits per heavy atom. The van der Waals surface area contributed by atoms with Gasteiger partial charge in [-0.25, -0.2) is 9.18 Å². The van der Waals surface area contributed by atoms with Crippen molar-refractivity contribution in [1.29, 1.82) is 0 Å². The number of carbonyl (C=O) groups is 3. The molecule has 3 rings (SSSR count). The fourth-order valence-corrected chi connectivity index (χ4v) is 3.53. The van der Waals surface area contributed by atoms with E-state index in [1.807, 2.05) is 0 Å². The quantitative estimate of drug-likeness (QED) is 0.492. The van der Waals surface area contributed by atoms with E-state index >= 15 is 0 Å². The first kappa shape index (κ1) is 24.2. The van der Waals surface area contributed by atoms with Crippen LogP contribution in [0.4, 0.5) is 22.4 Å². The zero-order valence-corrected chi connectivity index (χ0v) is 18.1. The van der Waals surface area contributed by atoms with Gasteiger partial charge in [-0.2, -0.15) is 13.2 Å². The Labute approximate surface area is 187 Å². The second-order valence-electron chi connectivity index (χ2n) is 8.50. The third kappa shape index (κ3) is 5.32. The maximum atomic E-state index is 14.3. The van der Waals surface area contributed by atoms with E-state index in [1.54, 1.807) is 32.9 Å². The molecule has 0 aromatic heterocycles. The molecule has 0 spiro atoms. The first-order valence-electron chi connectivity index (χ1n) is 10.1. The summed E-state index contributed by atoms with van der Waals surface area (Å²) in [7, 11) is 0. The number of amides is 3. The van der Waals surface area contributed by atoms with Crippen molar-refractivity contribution in [3.8, 4) is 0 Å². The van der Waals surface area contributed by atoms with Crippen LogP contribution in [0.25, 0.3) is 0 Å². The molecule has 1 atom stereocenters. The normalized spacial score (nSPS) is 14.8. The Hall–Kier alpha value is -3.43. The van der Waals surface area contributed by atoms with Crippen molar-refractivity contribution < 1.29 is 36.7 Å². The minimum absolute atomic E-state index is 0.0130. The lowest BCUT2D eigenvalue weighted by atomic mass is 9.99. The number of benzene rings is 2. The number of hydrogen-bond acceptors (Lipinski definition) is 4. The molecule has 0 saturated heterocycles. The van der Waals surface area contributed by atoms with Gasteiger partial charge in [-0.1, -0.05) is 18.2 Å². The third-order valence-corrected chi connectivity index (χ3v) is 4.91. The fraction of sp³-hybridized carbons (Fsp3) is 0.348. The van der Waals surface area contributed by atoms with Crippen LogP contribution in [0.1, 0.15) is 65.1 Å². The Morgan fingerprint density at radius 2 is 1.61 bits per heavy atom. The molecule has 10 heteroatoms. The molecule has 0 radical (unpaired) electrons. The summed E-state index contributed by atoms with van der Waals surface area (Å²) in [6.07, 6.45) is -5.72. The lowest BCUT2D eigenvalue weighted by Gasteiger charge is -2.27. The minimum atomic E-state index is -4.90. The van der Waals surface area contributed by atoms with Crippen molar-refractivity contribution in [1.82, 2.24) is 10.2 Å². The van der Waals surface area contributed by atoms with Crippen molar-refractivity contribution in [3.05, 3.63) is 70.5 Å². The summed E-state index contributed by atoms with van der Waals surface area (Å²) < 4.78 is 58.4. The first-order chi connectivity index (χ1) is 15.3. The highest BCUT2D eigenvalue weighted by Crippen LogP contribution is 2.36. The van der Waals surface area contributed by atoms with Gasteiger partial charge in [-0.3, -0.25) is 14.5 Å². The number of alkyl halides is 3. The number of ether oxygens (including phenoxy) is 1. The molecule has 1 aliphatic heterocycles. The van der Waals surface area contributed by atoms with Gasteiger partial charge in [0.25, 0.3) is 11.8 Å². The van der Waals surface area contributed by atoms with Crippen molar-refractivity contribution in [2.45, 2.75) is 45.0 Å². The molecule has 1 aliphatic rings. The molecule has 6 nitrogen and oxygen atoms in total. The molecule has 0 fully saturated rings. The molecule has 1 heterocycles. The van der Waals surface area contributed by atoms with Gasteiger partial charge in [0.05, 0.1) is 22.7 Å². The van der Waals surface area contributed by atoms with Crippen LogP contribution in [-0.2, 0) is 10.9 Å². The molecule has 0 saturated carbocycles. The van der Waals surface area contributed by atoms with Gasteiger partial charge < -0.3 is 10.1 Å². The van der Waals surface area contributed by atoms with Crippen LogP contribution in [0.3, 0.4) is 0 Å². The van der Waals surface area contributed by atoms with Crippen LogP contribution < -0.4 is 5.32 Å². The summed E-state index contributed by atoms with van der Waals surface area (Å²) in [5, 5.41) is 2.48. The molecule has 3 amide bonds. The highest BCUT2D eigenvalue weighted by molar-refractivity contribution is 6.21. The van der Waals surface area contributed by atoms with Crippen molar-refractivity contribution >= 4 is 17.9 Å². The lowest BCUT2D eigenvalue weighted by molar-refractivity contribution is -0.140. The zero-order valence-electron chi connectivity index (χ0n) is 18.1. The van der Waals surface area contributed by atoms with Gasteiger partial charge >= 0.3 is 12.3 Å². The summed E-state index contributed by atoms with van der Waals surface area (Å²) >= 11 is 0. The second kappa shape index (κ2) is 8.84. The zero-order chi connectivity index (χ0) is 24.6. The van der Waals surface area contributed by atoms with E-state index in [0.717, 1.165) is 11.0 Å². The maximum Gasteiger partial charge on any atom is 0.419 e. The van der Waals surface area contributed by atoms with Crippen molar-refractivity contribution in [3.63, 3.8) is 0 Å². The predicted molar refractivity (Wildman–Crippen MR) is 110 cm³/mol. The largest absolute Gasteiger partial charge is 0.444 e. The summed E-state index contributed by atoms with van der Waals surface area (Å²) in [6.45, 7) is 4.91. The molecule has 0 bridgehead atoms. The Kier molecular flexibility index (Phi) is 6.49. The average Bonchev–Trinajstić information content (AvgIpc) is 2.94. The summed E-state index contributed by atoms with van der Waals surface area (Å²) in [5.74, 6) is -2.84. The average molecular weight is 466 g/mol. The molecule has 33 heavy (non-hydrogen) atoms. The number of fused-ring (bicyclic) bond motifs is 1. The Bertz CT molecular complexity index is 1060. The highest BCUT2D eigenvalue weighted by atomic mass is 19.4. The molecule has 2 aromatic rings. The number of rotatable bonds is 5. The molecule has 1 unspecified atom stereocenters. The summed E-state index contributed by atoms with van der Waals surface area (Å²) in [4.78, 5) is 38.7. The SMILES string of the molecule is CC(C)(C)OC(=O)NCCC(c1ccc(C(F)(F)F)c(F)c1)N1C(=O)c2ccccc2C1=O. The number of nitrogens with zero attached hydrogens (tertiary/aromatic N) is 1. The second-order valence-corrected chi connectivity index (χ2v) is 8.50. The van der Waals surface area contributed by atoms with Gasteiger partial charge in [0.15, 0.2) is 0 Å². The number of imide groups is 1. The van der Waals surface area contributed by atoms with Gasteiger partial charge in [-0.15, -0.1) is 0 Å². The van der Waals surface area contributed by atoms with Crippen molar-refractivity contribution in [2.75, 3.05) is 6.54 Å². The number of hydrogen-bond donors (Lipinski definition) is 1. The standard InChI is InChI=1S/C23H22F4N2O4/c1-22(2,3)33-21(32)28-11-10-18(13-8-9-16(17(24)12-13)23(25,26)27)29-19(30)14-6-4-5-7-15(14)20(29)31/h4-9,12,18H,10-11H2,1-3H3,(H,28,32). The first-order valence-corrected chi connectivity index (χ1v) is 10.1. The Morgan fingerprint density at radius 1 is 1.03 bits per heavy atom. The fourth-order valence-electron chi connectivity index (χ4n) is 3.53. The number of alkyl carbamates (subject to hydrolysis) is 1. The van der Waals surface area contributed by atoms with Crippen molar-refractivity contribution in [2.24, 2.45) is 0 Å². The lowest BCUT2D eigenvalue weighted by Crippen LogP contribution is -2.38. The van der Waals surface area contributed by atoms with Gasteiger partial charge in [0.2, 0.25) is 0 Å². The van der Waals surface area contributed by atoms with Crippen LogP contribution >= 0.6 is 0 Å². The highest BCUT2D eigenvalue weighted by Gasteiger charge is 2.41. The maximum absolute atomic E-state index is 14.3. The van der Waals surface area contributed by atoms with E-state index in [9.17, 15) is 31.9 Å². The number of carbonyl (C=O) groups excluding carboxylic acids is 3. The van der Waals surface area contributed by atoms with E-state index in [4.69, 9.17) is 4.74 Å². The molecule has 2 aromatic carbocycles. The van der Waals surface area contributed by atoms with E-state index in [1.165, 1.54) is 12.1 Å². The van der Waals surface area contributed by atoms with Crippen LogP contribution in [0, 0.1) is 5.82 Å². The molecular weight excluding hydrogens is 444 g/mol. The number of nitrogens with one attached hydrogen (secondary N) is 1. The van der Waals surface area contributed by atoms with Crippen LogP contribution in [0.2, 0.25) is 0 Å². The summed E-state index contributed by atoms with van der Waals surface area (Å²) in [6, 6.07) is 7.19. The predicted octanol–water partition coefficient (Wildman–Crippen LogP) is 5.10. The molecule has 1 N–H and O–H groups in total. The van der Waals surface area contributed by atoms with E-state index in [0.29, 0.717) is 12.1 Å². The molecular formula is C23H22F4N2O4.